The van der Waals surface area contributed by atoms with Gasteiger partial charge in [0, 0.05) is 13.1 Å². The van der Waals surface area contributed by atoms with Crippen LogP contribution in [0.4, 0.5) is 4.79 Å². The van der Waals surface area contributed by atoms with E-state index in [1.54, 1.807) is 18.7 Å². The van der Waals surface area contributed by atoms with E-state index in [1.165, 1.54) is 0 Å². The minimum atomic E-state index is -0.748. The van der Waals surface area contributed by atoms with Crippen LogP contribution in [0.1, 0.15) is 53.9 Å². The monoisotopic (exact) mass is 297 g/mol. The minimum absolute atomic E-state index is 0.0290. The van der Waals surface area contributed by atoms with E-state index in [1.807, 2.05) is 20.8 Å². The number of ether oxygens (including phenoxy) is 1. The molecule has 1 unspecified atom stereocenters. The lowest BCUT2D eigenvalue weighted by Crippen LogP contribution is -2.52. The summed E-state index contributed by atoms with van der Waals surface area (Å²) in [6.07, 6.45) is 2.54. The van der Waals surface area contributed by atoms with Crippen molar-refractivity contribution in [1.29, 1.82) is 0 Å². The standard InChI is InChI=1S/C16H27NO4/c1-14(2,3)21-13(20)17-9-8-16(10-17)7-6-11(16)15(4,5)12(18)19/h11H,6-10H2,1-5H3,(H,18,19)/t11?,16-/m0/s1. The van der Waals surface area contributed by atoms with Gasteiger partial charge in [-0.3, -0.25) is 4.79 Å². The molecule has 1 aliphatic carbocycles. The number of aliphatic carboxylic acids is 1. The summed E-state index contributed by atoms with van der Waals surface area (Å²) in [4.78, 5) is 25.4. The van der Waals surface area contributed by atoms with Crippen LogP contribution in [-0.2, 0) is 9.53 Å². The van der Waals surface area contributed by atoms with Crippen molar-refractivity contribution in [2.45, 2.75) is 59.5 Å². The van der Waals surface area contributed by atoms with Gasteiger partial charge in [-0.1, -0.05) is 0 Å². The number of amides is 1. The molecule has 2 fully saturated rings. The Morgan fingerprint density at radius 2 is 1.81 bits per heavy atom. The van der Waals surface area contributed by atoms with Crippen LogP contribution < -0.4 is 0 Å². The predicted octanol–water partition coefficient (Wildman–Crippen LogP) is 3.13. The SMILES string of the molecule is CC(C)(C)OC(=O)N1CC[C@@]2(CCC2C(C)(C)C(=O)O)C1. The molecular formula is C16H27NO4. The molecule has 1 aliphatic heterocycles. The number of hydrogen-bond donors (Lipinski definition) is 1. The molecule has 1 spiro atoms. The molecule has 0 aromatic rings. The molecule has 2 aliphatic rings. The van der Waals surface area contributed by atoms with Gasteiger partial charge in [0.05, 0.1) is 5.41 Å². The Bertz CT molecular complexity index is 452. The molecule has 2 rings (SSSR count). The first-order valence-electron chi connectivity index (χ1n) is 7.69. The Morgan fingerprint density at radius 3 is 2.24 bits per heavy atom. The number of hydrogen-bond acceptors (Lipinski definition) is 3. The van der Waals surface area contributed by atoms with Gasteiger partial charge >= 0.3 is 12.1 Å². The number of rotatable bonds is 2. The van der Waals surface area contributed by atoms with Crippen LogP contribution in [0.15, 0.2) is 0 Å². The van der Waals surface area contributed by atoms with Gasteiger partial charge in [0.1, 0.15) is 5.60 Å². The van der Waals surface area contributed by atoms with Gasteiger partial charge in [-0.05, 0) is 65.2 Å². The van der Waals surface area contributed by atoms with Gasteiger partial charge in [-0.2, -0.15) is 0 Å². The number of carbonyl (C=O) groups is 2. The second-order valence-electron chi connectivity index (χ2n) is 8.13. The van der Waals surface area contributed by atoms with Gasteiger partial charge in [0.2, 0.25) is 0 Å². The van der Waals surface area contributed by atoms with Crippen molar-refractivity contribution in [2.24, 2.45) is 16.7 Å². The van der Waals surface area contributed by atoms with Crippen LogP contribution in [0, 0.1) is 16.7 Å². The molecule has 0 bridgehead atoms. The van der Waals surface area contributed by atoms with E-state index < -0.39 is 17.0 Å². The van der Waals surface area contributed by atoms with Crippen molar-refractivity contribution < 1.29 is 19.4 Å². The lowest BCUT2D eigenvalue weighted by molar-refractivity contribution is -0.160. The molecule has 21 heavy (non-hydrogen) atoms. The smallest absolute Gasteiger partial charge is 0.410 e. The molecule has 1 heterocycles. The molecular weight excluding hydrogens is 270 g/mol. The molecule has 1 saturated carbocycles. The van der Waals surface area contributed by atoms with Crippen molar-refractivity contribution in [3.8, 4) is 0 Å². The van der Waals surface area contributed by atoms with Crippen molar-refractivity contribution in [3.05, 3.63) is 0 Å². The van der Waals surface area contributed by atoms with E-state index in [0.29, 0.717) is 13.1 Å². The van der Waals surface area contributed by atoms with E-state index in [2.05, 4.69) is 0 Å². The molecule has 1 N–H and O–H groups in total. The summed E-state index contributed by atoms with van der Waals surface area (Å²) < 4.78 is 5.42. The van der Waals surface area contributed by atoms with E-state index in [4.69, 9.17) is 4.74 Å². The third-order valence-electron chi connectivity index (χ3n) is 5.13. The highest BCUT2D eigenvalue weighted by molar-refractivity contribution is 5.74. The molecule has 0 aromatic heterocycles. The average Bonchev–Trinajstić information content (AvgIpc) is 2.71. The number of nitrogens with zero attached hydrogens (tertiary/aromatic N) is 1. The zero-order chi connectivity index (χ0) is 16.1. The van der Waals surface area contributed by atoms with Gasteiger partial charge in [-0.25, -0.2) is 4.79 Å². The van der Waals surface area contributed by atoms with Crippen molar-refractivity contribution in [3.63, 3.8) is 0 Å². The van der Waals surface area contributed by atoms with Crippen LogP contribution in [0.25, 0.3) is 0 Å². The summed E-state index contributed by atoms with van der Waals surface area (Å²) in [6, 6.07) is 0. The minimum Gasteiger partial charge on any atom is -0.481 e. The fourth-order valence-electron chi connectivity index (χ4n) is 3.84. The van der Waals surface area contributed by atoms with Crippen LogP contribution in [0.5, 0.6) is 0 Å². The van der Waals surface area contributed by atoms with Crippen LogP contribution in [0.2, 0.25) is 0 Å². The number of likely N-dealkylation sites (tertiary alicyclic amines) is 1. The maximum atomic E-state index is 12.2. The van der Waals surface area contributed by atoms with Crippen LogP contribution in [0.3, 0.4) is 0 Å². The summed E-state index contributed by atoms with van der Waals surface area (Å²) >= 11 is 0. The molecule has 1 amide bonds. The summed E-state index contributed by atoms with van der Waals surface area (Å²) in [6.45, 7) is 10.5. The molecule has 5 heteroatoms. The Labute approximate surface area is 126 Å². The van der Waals surface area contributed by atoms with Crippen LogP contribution in [-0.4, -0.2) is 40.8 Å². The highest BCUT2D eigenvalue weighted by Crippen LogP contribution is 2.59. The Kier molecular flexibility index (Phi) is 3.75. The van der Waals surface area contributed by atoms with Crippen molar-refractivity contribution >= 4 is 12.1 Å². The van der Waals surface area contributed by atoms with Crippen molar-refractivity contribution in [2.75, 3.05) is 13.1 Å². The van der Waals surface area contributed by atoms with E-state index >= 15 is 0 Å². The number of carboxylic acids is 1. The Morgan fingerprint density at radius 1 is 1.19 bits per heavy atom. The molecule has 5 nitrogen and oxygen atoms in total. The molecule has 0 aromatic carbocycles. The average molecular weight is 297 g/mol. The Hall–Kier alpha value is -1.26. The largest absolute Gasteiger partial charge is 0.481 e. The first-order valence-corrected chi connectivity index (χ1v) is 7.69. The Balaban J connectivity index is 2.05. The lowest BCUT2D eigenvalue weighted by atomic mass is 9.51. The normalized spacial score (nSPS) is 29.4. The maximum absolute atomic E-state index is 12.2. The summed E-state index contributed by atoms with van der Waals surface area (Å²) in [7, 11) is 0. The first-order chi connectivity index (χ1) is 9.48. The van der Waals surface area contributed by atoms with E-state index in [0.717, 1.165) is 19.3 Å². The quantitative estimate of drug-likeness (QED) is 0.850. The van der Waals surface area contributed by atoms with Crippen molar-refractivity contribution in [1.82, 2.24) is 4.90 Å². The first kappa shape index (κ1) is 16.1. The van der Waals surface area contributed by atoms with Gasteiger partial charge in [-0.15, -0.1) is 0 Å². The van der Waals surface area contributed by atoms with E-state index in [9.17, 15) is 14.7 Å². The third-order valence-corrected chi connectivity index (χ3v) is 5.13. The van der Waals surface area contributed by atoms with Crippen LogP contribution >= 0.6 is 0 Å². The molecule has 0 radical (unpaired) electrons. The predicted molar refractivity (Wildman–Crippen MR) is 79.0 cm³/mol. The fourth-order valence-corrected chi connectivity index (χ4v) is 3.84. The zero-order valence-electron chi connectivity index (χ0n) is 13.7. The highest BCUT2D eigenvalue weighted by atomic mass is 16.6. The molecule has 120 valence electrons. The third kappa shape index (κ3) is 2.87. The number of carbonyl (C=O) groups excluding carboxylic acids is 1. The summed E-state index contributed by atoms with van der Waals surface area (Å²) in [5.74, 6) is -0.614. The lowest BCUT2D eigenvalue weighted by Gasteiger charge is -2.53. The summed E-state index contributed by atoms with van der Waals surface area (Å²) in [5.41, 5.74) is -1.26. The summed E-state index contributed by atoms with van der Waals surface area (Å²) in [5, 5.41) is 9.44. The topological polar surface area (TPSA) is 66.8 Å². The number of carboxylic acid groups (broad SMARTS) is 1. The molecule has 1 saturated heterocycles. The van der Waals surface area contributed by atoms with E-state index in [-0.39, 0.29) is 17.4 Å². The van der Waals surface area contributed by atoms with Gasteiger partial charge in [0.25, 0.3) is 0 Å². The molecule has 2 atom stereocenters. The maximum Gasteiger partial charge on any atom is 0.410 e. The fraction of sp³-hybridized carbons (Fsp3) is 0.875. The highest BCUT2D eigenvalue weighted by Gasteiger charge is 2.58. The second kappa shape index (κ2) is 4.89. The van der Waals surface area contributed by atoms with Gasteiger partial charge < -0.3 is 14.7 Å². The second-order valence-corrected chi connectivity index (χ2v) is 8.13. The zero-order valence-corrected chi connectivity index (χ0v) is 13.7. The van der Waals surface area contributed by atoms with Gasteiger partial charge in [0.15, 0.2) is 0 Å².